The van der Waals surface area contributed by atoms with Crippen LogP contribution < -0.4 is 14.9 Å². The molecular weight excluding hydrogens is 516 g/mol. The standard InChI is InChI=1S/C24H24F4N4O4S/c1-3-16-11-15(12-19(25)22(16)31-37(2,35)36)13-29-21(34)9-7-17-6-8-20(24(26,27)28)30-23(17)32-10-4-5-18(32)14-33/h1,6-9,11-12,18,31,33H,4-5,10,13-14H2,2H3,(H,29,34)/t18-/m0/s1. The third-order valence-corrected chi connectivity index (χ3v) is 6.10. The average molecular weight is 541 g/mol. The van der Waals surface area contributed by atoms with Crippen LogP contribution in [-0.2, 0) is 27.5 Å². The van der Waals surface area contributed by atoms with Gasteiger partial charge in [-0.2, -0.15) is 13.2 Å². The van der Waals surface area contributed by atoms with Crippen LogP contribution in [-0.4, -0.2) is 49.9 Å². The summed E-state index contributed by atoms with van der Waals surface area (Å²) >= 11 is 0. The fourth-order valence-electron chi connectivity index (χ4n) is 3.86. The van der Waals surface area contributed by atoms with Crippen LogP contribution in [0.4, 0.5) is 29.1 Å². The molecule has 0 aliphatic carbocycles. The molecule has 13 heteroatoms. The number of rotatable bonds is 8. The van der Waals surface area contributed by atoms with Crippen molar-refractivity contribution in [1.82, 2.24) is 10.3 Å². The molecule has 0 saturated carbocycles. The zero-order chi connectivity index (χ0) is 27.4. The summed E-state index contributed by atoms with van der Waals surface area (Å²) in [4.78, 5) is 17.7. The third-order valence-electron chi connectivity index (χ3n) is 5.53. The minimum atomic E-state index is -4.66. The molecule has 1 aliphatic rings. The molecule has 1 amide bonds. The van der Waals surface area contributed by atoms with Gasteiger partial charge in [0.05, 0.1) is 30.2 Å². The smallest absolute Gasteiger partial charge is 0.394 e. The number of benzene rings is 1. The van der Waals surface area contributed by atoms with E-state index >= 15 is 0 Å². The number of halogens is 4. The number of sulfonamides is 1. The van der Waals surface area contributed by atoms with Crippen molar-refractivity contribution in [2.45, 2.75) is 31.6 Å². The summed E-state index contributed by atoms with van der Waals surface area (Å²) in [5.74, 6) is 0.633. The van der Waals surface area contributed by atoms with Crippen molar-refractivity contribution in [1.29, 1.82) is 0 Å². The number of pyridine rings is 1. The van der Waals surface area contributed by atoms with Crippen LogP contribution in [0.1, 0.15) is 35.2 Å². The van der Waals surface area contributed by atoms with Crippen molar-refractivity contribution in [3.63, 3.8) is 0 Å². The van der Waals surface area contributed by atoms with Crippen LogP contribution >= 0.6 is 0 Å². The molecule has 1 aromatic carbocycles. The molecule has 0 spiro atoms. The Labute approximate surface area is 211 Å². The Morgan fingerprint density at radius 3 is 2.70 bits per heavy atom. The van der Waals surface area contributed by atoms with Crippen LogP contribution in [0.2, 0.25) is 0 Å². The van der Waals surface area contributed by atoms with Gasteiger partial charge >= 0.3 is 6.18 Å². The van der Waals surface area contributed by atoms with Crippen molar-refractivity contribution in [3.8, 4) is 12.3 Å². The summed E-state index contributed by atoms with van der Waals surface area (Å²) in [7, 11) is -3.78. The second-order valence-electron chi connectivity index (χ2n) is 8.35. The minimum Gasteiger partial charge on any atom is -0.394 e. The Balaban J connectivity index is 1.79. The number of aliphatic hydroxyl groups is 1. The van der Waals surface area contributed by atoms with E-state index in [-0.39, 0.29) is 41.3 Å². The molecule has 1 fully saturated rings. The molecule has 2 heterocycles. The van der Waals surface area contributed by atoms with E-state index in [1.165, 1.54) is 18.2 Å². The topological polar surface area (TPSA) is 112 Å². The molecule has 1 aliphatic heterocycles. The summed E-state index contributed by atoms with van der Waals surface area (Å²) in [5, 5.41) is 12.1. The highest BCUT2D eigenvalue weighted by Crippen LogP contribution is 2.33. The molecule has 0 unspecified atom stereocenters. The van der Waals surface area contributed by atoms with Crippen LogP contribution in [0.5, 0.6) is 0 Å². The SMILES string of the molecule is C#Cc1cc(CNC(=O)C=Cc2ccc(C(F)(F)F)nc2N2CCC[C@H]2CO)cc(F)c1NS(C)(=O)=O. The molecule has 3 rings (SSSR count). The minimum absolute atomic E-state index is 0.00474. The largest absolute Gasteiger partial charge is 0.433 e. The highest BCUT2D eigenvalue weighted by atomic mass is 32.2. The molecule has 198 valence electrons. The number of carbonyl (C=O) groups is 1. The second-order valence-corrected chi connectivity index (χ2v) is 10.1. The maximum Gasteiger partial charge on any atom is 0.433 e. The van der Waals surface area contributed by atoms with Crippen LogP contribution in [0.25, 0.3) is 6.08 Å². The van der Waals surface area contributed by atoms with E-state index in [9.17, 15) is 35.9 Å². The van der Waals surface area contributed by atoms with Gasteiger partial charge in [0.2, 0.25) is 15.9 Å². The monoisotopic (exact) mass is 540 g/mol. The van der Waals surface area contributed by atoms with Crippen molar-refractivity contribution in [2.75, 3.05) is 29.0 Å². The lowest BCUT2D eigenvalue weighted by molar-refractivity contribution is -0.141. The number of nitrogens with one attached hydrogen (secondary N) is 2. The lowest BCUT2D eigenvalue weighted by Gasteiger charge is -2.26. The first-order valence-electron chi connectivity index (χ1n) is 11.0. The van der Waals surface area contributed by atoms with Gasteiger partial charge in [0, 0.05) is 24.7 Å². The molecule has 0 radical (unpaired) electrons. The van der Waals surface area contributed by atoms with Gasteiger partial charge in [-0.15, -0.1) is 6.42 Å². The third kappa shape index (κ3) is 7.21. The van der Waals surface area contributed by atoms with Gasteiger partial charge in [-0.1, -0.05) is 5.92 Å². The normalized spacial score (nSPS) is 16.1. The molecule has 3 N–H and O–H groups in total. The van der Waals surface area contributed by atoms with Crippen molar-refractivity contribution in [2.24, 2.45) is 0 Å². The van der Waals surface area contributed by atoms with E-state index < -0.39 is 39.7 Å². The van der Waals surface area contributed by atoms with Gasteiger partial charge in [-0.25, -0.2) is 17.8 Å². The van der Waals surface area contributed by atoms with Gasteiger partial charge in [-0.3, -0.25) is 9.52 Å². The van der Waals surface area contributed by atoms with Gasteiger partial charge < -0.3 is 15.3 Å². The van der Waals surface area contributed by atoms with Gasteiger partial charge in [-0.05, 0) is 48.7 Å². The Hall–Kier alpha value is -3.63. The quantitative estimate of drug-likeness (QED) is 0.270. The van der Waals surface area contributed by atoms with E-state index in [0.29, 0.717) is 19.4 Å². The summed E-state index contributed by atoms with van der Waals surface area (Å²) in [6.45, 7) is -0.0130. The van der Waals surface area contributed by atoms with Gasteiger partial charge in [0.1, 0.15) is 17.3 Å². The Kier molecular flexibility index (Phi) is 8.45. The highest BCUT2D eigenvalue weighted by molar-refractivity contribution is 7.92. The van der Waals surface area contributed by atoms with Crippen molar-refractivity contribution < 1.29 is 35.9 Å². The zero-order valence-corrected chi connectivity index (χ0v) is 20.5. The predicted octanol–water partition coefficient (Wildman–Crippen LogP) is 2.88. The number of aromatic nitrogens is 1. The summed E-state index contributed by atoms with van der Waals surface area (Å²) in [6, 6.07) is 3.96. The van der Waals surface area contributed by atoms with Crippen LogP contribution in [0, 0.1) is 18.2 Å². The van der Waals surface area contributed by atoms with Crippen LogP contribution in [0.3, 0.4) is 0 Å². The first-order valence-corrected chi connectivity index (χ1v) is 12.9. The van der Waals surface area contributed by atoms with Gasteiger partial charge in [0.15, 0.2) is 0 Å². The van der Waals surface area contributed by atoms with E-state index in [4.69, 9.17) is 6.42 Å². The van der Waals surface area contributed by atoms with E-state index in [0.717, 1.165) is 24.5 Å². The first-order chi connectivity index (χ1) is 17.3. The number of alkyl halides is 3. The van der Waals surface area contributed by atoms with E-state index in [2.05, 4.69) is 16.2 Å². The molecule has 8 nitrogen and oxygen atoms in total. The lowest BCUT2D eigenvalue weighted by atomic mass is 10.1. The molecule has 2 aromatic rings. The van der Waals surface area contributed by atoms with Crippen LogP contribution in [0.15, 0.2) is 30.3 Å². The van der Waals surface area contributed by atoms with E-state index in [1.807, 2.05) is 4.72 Å². The Morgan fingerprint density at radius 1 is 1.35 bits per heavy atom. The van der Waals surface area contributed by atoms with Crippen molar-refractivity contribution in [3.05, 3.63) is 58.5 Å². The molecular formula is C24H24F4N4O4S. The number of aliphatic hydroxyl groups excluding tert-OH is 1. The number of anilines is 2. The molecule has 37 heavy (non-hydrogen) atoms. The summed E-state index contributed by atoms with van der Waals surface area (Å²) < 4.78 is 79.0. The second kappa shape index (κ2) is 11.2. The predicted molar refractivity (Wildman–Crippen MR) is 130 cm³/mol. The number of amides is 1. The fourth-order valence-corrected chi connectivity index (χ4v) is 4.44. The Morgan fingerprint density at radius 2 is 2.08 bits per heavy atom. The molecule has 1 saturated heterocycles. The number of terminal acetylenes is 1. The van der Waals surface area contributed by atoms with E-state index in [1.54, 1.807) is 4.90 Å². The molecule has 1 atom stereocenters. The maximum atomic E-state index is 14.4. The fraction of sp³-hybridized carbons (Fsp3) is 0.333. The van der Waals surface area contributed by atoms with Gasteiger partial charge in [0.25, 0.3) is 0 Å². The maximum absolute atomic E-state index is 14.4. The molecule has 0 bridgehead atoms. The molecule has 1 aromatic heterocycles. The highest BCUT2D eigenvalue weighted by Gasteiger charge is 2.35. The first kappa shape index (κ1) is 27.9. The lowest BCUT2D eigenvalue weighted by Crippen LogP contribution is -2.33. The van der Waals surface area contributed by atoms with Crippen molar-refractivity contribution >= 4 is 33.5 Å². The Bertz CT molecular complexity index is 1350. The summed E-state index contributed by atoms with van der Waals surface area (Å²) in [6.07, 6.45) is 5.19. The number of carbonyl (C=O) groups excluding carboxylic acids is 1. The number of hydrogen-bond acceptors (Lipinski definition) is 6. The summed E-state index contributed by atoms with van der Waals surface area (Å²) in [5.41, 5.74) is -1.03. The zero-order valence-electron chi connectivity index (χ0n) is 19.6. The number of hydrogen-bond donors (Lipinski definition) is 3. The average Bonchev–Trinajstić information content (AvgIpc) is 3.30. The number of nitrogens with zero attached hydrogens (tertiary/aromatic N) is 2.